The Morgan fingerprint density at radius 2 is 1.73 bits per heavy atom. The number of anilines is 1. The number of carbonyl (C=O) groups is 1. The van der Waals surface area contributed by atoms with Crippen LogP contribution in [0.2, 0.25) is 0 Å². The molecule has 0 aliphatic rings. The molecular weight excluding hydrogens is 335 g/mol. The first-order chi connectivity index (χ1) is 12.3. The highest BCUT2D eigenvalue weighted by Gasteiger charge is 2.15. The van der Waals surface area contributed by atoms with E-state index >= 15 is 0 Å². The average molecular weight is 361 g/mol. The van der Waals surface area contributed by atoms with Gasteiger partial charge in [0.1, 0.15) is 12.4 Å². The van der Waals surface area contributed by atoms with Gasteiger partial charge in [0.05, 0.1) is 21.3 Å². The molecule has 140 valence electrons. The SMILES string of the molecule is COc1cc(C)c(C[NH+](C)CC(=O)Nc2ccc(C)c(F)c2)cc1OC. The molecule has 5 nitrogen and oxygen atoms in total. The zero-order valence-electron chi connectivity index (χ0n) is 15.9. The number of ether oxygens (including phenoxy) is 2. The summed E-state index contributed by atoms with van der Waals surface area (Å²) in [6, 6.07) is 8.54. The summed E-state index contributed by atoms with van der Waals surface area (Å²) in [5, 5.41) is 2.74. The standard InChI is InChI=1S/C20H25FN2O3/c1-13-6-7-16(10-17(13)21)22-20(24)12-23(3)11-15-9-19(26-5)18(25-4)8-14(15)2/h6-10H,11-12H2,1-5H3,(H,22,24)/p+1. The fourth-order valence-corrected chi connectivity index (χ4v) is 2.75. The van der Waals surface area contributed by atoms with E-state index in [1.54, 1.807) is 33.3 Å². The highest BCUT2D eigenvalue weighted by atomic mass is 19.1. The van der Waals surface area contributed by atoms with Crippen LogP contribution in [0, 0.1) is 19.7 Å². The van der Waals surface area contributed by atoms with Crippen LogP contribution in [0.5, 0.6) is 11.5 Å². The molecule has 0 fully saturated rings. The van der Waals surface area contributed by atoms with Gasteiger partial charge in [-0.15, -0.1) is 0 Å². The summed E-state index contributed by atoms with van der Waals surface area (Å²) in [7, 11) is 5.14. The lowest BCUT2D eigenvalue weighted by molar-refractivity contribution is -0.885. The van der Waals surface area contributed by atoms with Gasteiger partial charge in [-0.1, -0.05) is 6.07 Å². The van der Waals surface area contributed by atoms with Crippen molar-refractivity contribution in [2.24, 2.45) is 0 Å². The summed E-state index contributed by atoms with van der Waals surface area (Å²) >= 11 is 0. The second-order valence-electron chi connectivity index (χ2n) is 6.46. The van der Waals surface area contributed by atoms with Crippen LogP contribution in [-0.4, -0.2) is 33.7 Å². The first kappa shape index (κ1) is 19.7. The lowest BCUT2D eigenvalue weighted by atomic mass is 10.1. The van der Waals surface area contributed by atoms with Crippen LogP contribution >= 0.6 is 0 Å². The summed E-state index contributed by atoms with van der Waals surface area (Å²) in [5.41, 5.74) is 3.17. The predicted octanol–water partition coefficient (Wildman–Crippen LogP) is 2.11. The fourth-order valence-electron chi connectivity index (χ4n) is 2.75. The van der Waals surface area contributed by atoms with Gasteiger partial charge in [0.25, 0.3) is 5.91 Å². The van der Waals surface area contributed by atoms with Crippen molar-refractivity contribution in [3.63, 3.8) is 0 Å². The van der Waals surface area contributed by atoms with Crippen molar-refractivity contribution in [2.45, 2.75) is 20.4 Å². The minimum atomic E-state index is -0.329. The van der Waals surface area contributed by atoms with Gasteiger partial charge >= 0.3 is 0 Å². The Labute approximate surface area is 153 Å². The molecule has 0 bridgehead atoms. The fraction of sp³-hybridized carbons (Fsp3) is 0.350. The molecule has 0 aromatic heterocycles. The van der Waals surface area contributed by atoms with Crippen LogP contribution in [0.25, 0.3) is 0 Å². The number of quaternary nitrogens is 1. The number of methoxy groups -OCH3 is 2. The third kappa shape index (κ3) is 4.95. The van der Waals surface area contributed by atoms with Crippen LogP contribution < -0.4 is 19.7 Å². The molecule has 1 amide bonds. The van der Waals surface area contributed by atoms with E-state index in [9.17, 15) is 9.18 Å². The summed E-state index contributed by atoms with van der Waals surface area (Å²) in [5.74, 6) is 0.861. The van der Waals surface area contributed by atoms with Gasteiger partial charge in [-0.3, -0.25) is 4.79 Å². The van der Waals surface area contributed by atoms with Crippen molar-refractivity contribution in [3.8, 4) is 11.5 Å². The summed E-state index contributed by atoms with van der Waals surface area (Å²) in [6.45, 7) is 4.61. The van der Waals surface area contributed by atoms with E-state index in [0.29, 0.717) is 29.3 Å². The van der Waals surface area contributed by atoms with Gasteiger partial charge in [0.2, 0.25) is 0 Å². The van der Waals surface area contributed by atoms with Crippen molar-refractivity contribution in [1.29, 1.82) is 0 Å². The molecule has 0 aliphatic carbocycles. The third-order valence-corrected chi connectivity index (χ3v) is 4.25. The third-order valence-electron chi connectivity index (χ3n) is 4.25. The van der Waals surface area contributed by atoms with Gasteiger partial charge < -0.3 is 19.7 Å². The highest BCUT2D eigenvalue weighted by molar-refractivity contribution is 5.91. The number of halogens is 1. The number of nitrogens with one attached hydrogen (secondary N) is 2. The largest absolute Gasteiger partial charge is 0.493 e. The molecule has 1 atom stereocenters. The Balaban J connectivity index is 2.00. The molecule has 0 heterocycles. The monoisotopic (exact) mass is 361 g/mol. The Hall–Kier alpha value is -2.60. The van der Waals surface area contributed by atoms with Gasteiger partial charge in [-0.2, -0.15) is 0 Å². The number of hydrogen-bond acceptors (Lipinski definition) is 3. The molecule has 6 heteroatoms. The Morgan fingerprint density at radius 1 is 1.08 bits per heavy atom. The molecule has 26 heavy (non-hydrogen) atoms. The van der Waals surface area contributed by atoms with E-state index in [1.807, 2.05) is 26.1 Å². The average Bonchev–Trinajstić information content (AvgIpc) is 2.59. The molecule has 0 spiro atoms. The maximum atomic E-state index is 13.6. The Morgan fingerprint density at radius 3 is 2.35 bits per heavy atom. The molecule has 0 radical (unpaired) electrons. The normalized spacial score (nSPS) is 11.8. The highest BCUT2D eigenvalue weighted by Crippen LogP contribution is 2.29. The quantitative estimate of drug-likeness (QED) is 0.794. The molecule has 1 unspecified atom stereocenters. The lowest BCUT2D eigenvalue weighted by Gasteiger charge is -2.17. The molecule has 0 saturated carbocycles. The van der Waals surface area contributed by atoms with Crippen LogP contribution in [0.1, 0.15) is 16.7 Å². The topological polar surface area (TPSA) is 52.0 Å². The maximum Gasteiger partial charge on any atom is 0.279 e. The van der Waals surface area contributed by atoms with E-state index in [-0.39, 0.29) is 18.3 Å². The second kappa shape index (κ2) is 8.67. The molecule has 2 aromatic rings. The first-order valence-corrected chi connectivity index (χ1v) is 8.42. The van der Waals surface area contributed by atoms with Gasteiger partial charge in [0.15, 0.2) is 18.0 Å². The van der Waals surface area contributed by atoms with Gasteiger partial charge in [-0.05, 0) is 49.2 Å². The molecule has 2 aromatic carbocycles. The van der Waals surface area contributed by atoms with Crippen LogP contribution in [0.3, 0.4) is 0 Å². The number of amides is 1. The van der Waals surface area contributed by atoms with E-state index in [0.717, 1.165) is 16.0 Å². The smallest absolute Gasteiger partial charge is 0.279 e. The number of aryl methyl sites for hydroxylation is 2. The molecular formula is C20H26FN2O3+. The first-order valence-electron chi connectivity index (χ1n) is 8.42. The van der Waals surface area contributed by atoms with Gasteiger partial charge in [-0.25, -0.2) is 4.39 Å². The van der Waals surface area contributed by atoms with Crippen molar-refractivity contribution < 1.29 is 23.6 Å². The minimum absolute atomic E-state index is 0.163. The van der Waals surface area contributed by atoms with Crippen LogP contribution in [0.15, 0.2) is 30.3 Å². The number of carbonyl (C=O) groups excluding carboxylic acids is 1. The van der Waals surface area contributed by atoms with E-state index in [1.165, 1.54) is 6.07 Å². The van der Waals surface area contributed by atoms with Crippen LogP contribution in [0.4, 0.5) is 10.1 Å². The van der Waals surface area contributed by atoms with Gasteiger partial charge in [0, 0.05) is 11.3 Å². The number of benzene rings is 2. The lowest BCUT2D eigenvalue weighted by Crippen LogP contribution is -3.08. The molecule has 2 N–H and O–H groups in total. The minimum Gasteiger partial charge on any atom is -0.493 e. The second-order valence-corrected chi connectivity index (χ2v) is 6.46. The van der Waals surface area contributed by atoms with Crippen molar-refractivity contribution in [3.05, 3.63) is 52.8 Å². The zero-order valence-corrected chi connectivity index (χ0v) is 15.9. The summed E-state index contributed by atoms with van der Waals surface area (Å²) < 4.78 is 24.2. The van der Waals surface area contributed by atoms with E-state index < -0.39 is 0 Å². The summed E-state index contributed by atoms with van der Waals surface area (Å²) in [4.78, 5) is 13.2. The van der Waals surface area contributed by atoms with Crippen LogP contribution in [-0.2, 0) is 11.3 Å². The molecule has 0 saturated heterocycles. The van der Waals surface area contributed by atoms with Crippen molar-refractivity contribution >= 4 is 11.6 Å². The summed E-state index contributed by atoms with van der Waals surface area (Å²) in [6.07, 6.45) is 0. The molecule has 0 aliphatic heterocycles. The number of hydrogen-bond donors (Lipinski definition) is 2. The Kier molecular flexibility index (Phi) is 6.58. The van der Waals surface area contributed by atoms with Crippen molar-refractivity contribution in [1.82, 2.24) is 0 Å². The Bertz CT molecular complexity index is 793. The number of rotatable bonds is 7. The number of likely N-dealkylation sites (N-methyl/N-ethyl adjacent to an activating group) is 1. The van der Waals surface area contributed by atoms with E-state index in [2.05, 4.69) is 5.32 Å². The van der Waals surface area contributed by atoms with E-state index in [4.69, 9.17) is 9.47 Å². The maximum absolute atomic E-state index is 13.6. The molecule has 2 rings (SSSR count). The predicted molar refractivity (Wildman–Crippen MR) is 99.5 cm³/mol. The van der Waals surface area contributed by atoms with Crippen molar-refractivity contribution in [2.75, 3.05) is 33.1 Å². The zero-order chi connectivity index (χ0) is 19.3.